The maximum Gasteiger partial charge on any atom is 0.251 e. The van der Waals surface area contributed by atoms with Crippen molar-refractivity contribution >= 4 is 35.0 Å². The van der Waals surface area contributed by atoms with Crippen molar-refractivity contribution in [1.29, 1.82) is 0 Å². The number of anilines is 4. The molecule has 0 radical (unpaired) electrons. The van der Waals surface area contributed by atoms with Gasteiger partial charge < -0.3 is 30.5 Å². The summed E-state index contributed by atoms with van der Waals surface area (Å²) >= 11 is 0. The molecule has 2 saturated carbocycles. The zero-order valence-corrected chi connectivity index (χ0v) is 25.1. The van der Waals surface area contributed by atoms with Gasteiger partial charge in [0, 0.05) is 56.9 Å². The van der Waals surface area contributed by atoms with Crippen LogP contribution in [0.5, 0.6) is 5.75 Å². The summed E-state index contributed by atoms with van der Waals surface area (Å²) in [7, 11) is 3.38. The van der Waals surface area contributed by atoms with E-state index in [4.69, 9.17) is 9.72 Å². The van der Waals surface area contributed by atoms with Crippen molar-refractivity contribution in [3.63, 3.8) is 0 Å². The molecule has 2 amide bonds. The van der Waals surface area contributed by atoms with E-state index >= 15 is 0 Å². The van der Waals surface area contributed by atoms with Gasteiger partial charge in [-0.1, -0.05) is 12.8 Å². The summed E-state index contributed by atoms with van der Waals surface area (Å²) < 4.78 is 5.67. The zero-order chi connectivity index (χ0) is 29.2. The van der Waals surface area contributed by atoms with Crippen molar-refractivity contribution in [3.05, 3.63) is 30.0 Å². The highest BCUT2D eigenvalue weighted by Gasteiger charge is 2.39. The summed E-state index contributed by atoms with van der Waals surface area (Å²) in [6.45, 7) is 6.33. The molecule has 11 heteroatoms. The summed E-state index contributed by atoms with van der Waals surface area (Å²) in [5, 5.41) is 9.97. The van der Waals surface area contributed by atoms with Crippen LogP contribution in [0.1, 0.15) is 68.6 Å². The van der Waals surface area contributed by atoms with Crippen molar-refractivity contribution in [2.75, 3.05) is 55.5 Å². The van der Waals surface area contributed by atoms with Crippen LogP contribution in [-0.4, -0.2) is 91.2 Å². The number of hydrogen-bond acceptors (Lipinski definition) is 9. The van der Waals surface area contributed by atoms with Crippen LogP contribution in [0, 0.1) is 0 Å². The van der Waals surface area contributed by atoms with E-state index in [1.54, 1.807) is 31.3 Å². The van der Waals surface area contributed by atoms with Gasteiger partial charge in [-0.3, -0.25) is 14.5 Å². The average Bonchev–Trinajstić information content (AvgIpc) is 3.55. The summed E-state index contributed by atoms with van der Waals surface area (Å²) in [5.74, 6) is 1.71. The Balaban J connectivity index is 1.13. The minimum atomic E-state index is -0.280. The zero-order valence-electron chi connectivity index (χ0n) is 25.1. The van der Waals surface area contributed by atoms with Gasteiger partial charge in [0.2, 0.25) is 11.9 Å². The molecule has 2 aromatic rings. The Labute approximate surface area is 248 Å². The Bertz CT molecular complexity index is 1280. The second-order valence-corrected chi connectivity index (χ2v) is 12.1. The number of likely N-dealkylation sites (N-methyl/N-ethyl adjacent to an activating group) is 1. The van der Waals surface area contributed by atoms with Gasteiger partial charge in [-0.25, -0.2) is 4.98 Å². The lowest BCUT2D eigenvalue weighted by molar-refractivity contribution is -0.119. The molecule has 3 fully saturated rings. The van der Waals surface area contributed by atoms with Gasteiger partial charge in [0.25, 0.3) is 5.91 Å². The number of piperazine rings is 1. The largest absolute Gasteiger partial charge is 0.495 e. The van der Waals surface area contributed by atoms with Crippen molar-refractivity contribution in [2.45, 2.75) is 82.5 Å². The number of benzene rings is 1. The first-order valence-electron chi connectivity index (χ1n) is 15.6. The van der Waals surface area contributed by atoms with Gasteiger partial charge in [-0.05, 0) is 63.6 Å². The molecule has 6 rings (SSSR count). The van der Waals surface area contributed by atoms with Crippen molar-refractivity contribution < 1.29 is 14.3 Å². The number of amides is 2. The van der Waals surface area contributed by atoms with Gasteiger partial charge in [0.15, 0.2) is 5.82 Å². The van der Waals surface area contributed by atoms with Crippen molar-refractivity contribution in [2.24, 2.45) is 0 Å². The fourth-order valence-electron chi connectivity index (χ4n) is 7.18. The lowest BCUT2D eigenvalue weighted by Crippen LogP contribution is -2.54. The topological polar surface area (TPSA) is 115 Å². The fraction of sp³-hybridized carbons (Fsp3) is 0.613. The normalized spacial score (nSPS) is 25.3. The Morgan fingerprint density at radius 1 is 1.05 bits per heavy atom. The van der Waals surface area contributed by atoms with E-state index in [2.05, 4.69) is 30.7 Å². The summed E-state index contributed by atoms with van der Waals surface area (Å²) in [6.07, 6.45) is 10.4. The molecule has 11 nitrogen and oxygen atoms in total. The highest BCUT2D eigenvalue weighted by molar-refractivity contribution is 6.04. The predicted octanol–water partition coefficient (Wildman–Crippen LogP) is 3.29. The lowest BCUT2D eigenvalue weighted by Gasteiger charge is -2.42. The smallest absolute Gasteiger partial charge is 0.251 e. The minimum absolute atomic E-state index is 0.0573. The first-order valence-corrected chi connectivity index (χ1v) is 15.6. The van der Waals surface area contributed by atoms with Gasteiger partial charge in [-0.15, -0.1) is 0 Å². The number of nitrogens with one attached hydrogen (secondary N) is 3. The van der Waals surface area contributed by atoms with Gasteiger partial charge in [0.1, 0.15) is 17.5 Å². The Kier molecular flexibility index (Phi) is 8.48. The van der Waals surface area contributed by atoms with Crippen LogP contribution in [-0.2, 0) is 4.79 Å². The van der Waals surface area contributed by atoms with Gasteiger partial charge in [-0.2, -0.15) is 4.98 Å². The average molecular weight is 577 g/mol. The van der Waals surface area contributed by atoms with E-state index in [0.717, 1.165) is 76.2 Å². The van der Waals surface area contributed by atoms with Crippen LogP contribution in [0.4, 0.5) is 23.1 Å². The third kappa shape index (κ3) is 5.76. The number of fused-ring (bicyclic) bond motifs is 1. The maximum absolute atomic E-state index is 13.2. The number of hydrogen-bond donors (Lipinski definition) is 3. The minimum Gasteiger partial charge on any atom is -0.495 e. The molecule has 1 aromatic heterocycles. The van der Waals surface area contributed by atoms with Gasteiger partial charge >= 0.3 is 0 Å². The van der Waals surface area contributed by atoms with E-state index < -0.39 is 0 Å². The van der Waals surface area contributed by atoms with E-state index in [9.17, 15) is 9.59 Å². The number of nitrogens with zero attached hydrogens (tertiary/aromatic N) is 5. The Morgan fingerprint density at radius 2 is 1.79 bits per heavy atom. The van der Waals surface area contributed by atoms with Crippen LogP contribution in [0.3, 0.4) is 0 Å². The number of carbonyl (C=O) groups excluding carboxylic acids is 2. The molecule has 4 aliphatic rings. The van der Waals surface area contributed by atoms with Crippen LogP contribution in [0.2, 0.25) is 0 Å². The molecular formula is C31H44N8O3. The number of aromatic nitrogens is 2. The SMILES string of the molecule is COc1cc(C(=O)NC2CCC(N3CCNCC3)CC2)ccc1Nc1ncc2c(n1)N(C1CCCC1)[C@H](C)C(=O)N2C. The Morgan fingerprint density at radius 3 is 2.50 bits per heavy atom. The van der Waals surface area contributed by atoms with E-state index in [-0.39, 0.29) is 23.9 Å². The molecule has 1 aromatic carbocycles. The van der Waals surface area contributed by atoms with Crippen LogP contribution >= 0.6 is 0 Å². The molecule has 0 spiro atoms. The number of carbonyl (C=O) groups is 2. The highest BCUT2D eigenvalue weighted by atomic mass is 16.5. The number of ether oxygens (including phenoxy) is 1. The van der Waals surface area contributed by atoms with Gasteiger partial charge in [0.05, 0.1) is 19.0 Å². The lowest BCUT2D eigenvalue weighted by atomic mass is 9.89. The third-order valence-electron chi connectivity index (χ3n) is 9.59. The first kappa shape index (κ1) is 28.7. The summed E-state index contributed by atoms with van der Waals surface area (Å²) in [4.78, 5) is 42.0. The number of rotatable bonds is 7. The van der Waals surface area contributed by atoms with Crippen LogP contribution in [0.25, 0.3) is 0 Å². The monoisotopic (exact) mass is 576 g/mol. The fourth-order valence-corrected chi connectivity index (χ4v) is 7.18. The molecule has 42 heavy (non-hydrogen) atoms. The molecule has 0 bridgehead atoms. The van der Waals surface area contributed by atoms with Crippen LogP contribution in [0.15, 0.2) is 24.4 Å². The van der Waals surface area contributed by atoms with Crippen molar-refractivity contribution in [1.82, 2.24) is 25.5 Å². The third-order valence-corrected chi connectivity index (χ3v) is 9.59. The molecule has 1 saturated heterocycles. The molecule has 226 valence electrons. The van der Waals surface area contributed by atoms with E-state index in [1.807, 2.05) is 19.1 Å². The summed E-state index contributed by atoms with van der Waals surface area (Å²) in [5.41, 5.74) is 1.96. The second kappa shape index (κ2) is 12.4. The van der Waals surface area contributed by atoms with Crippen LogP contribution < -0.4 is 30.5 Å². The van der Waals surface area contributed by atoms with E-state index in [0.29, 0.717) is 35.0 Å². The molecule has 3 N–H and O–H groups in total. The maximum atomic E-state index is 13.2. The standard InChI is InChI=1S/C31H44N8O3/c1-20-30(41)37(2)26-19-33-31(36-28(26)39(20)24-6-4-5-7-24)35-25-13-8-21(18-27(25)42-3)29(40)34-22-9-11-23(12-10-22)38-16-14-32-15-17-38/h8,13,18-20,22-24,32H,4-7,9-12,14-17H2,1-3H3,(H,34,40)(H,33,35,36)/t20-,22?,23?/m1/s1. The molecule has 1 atom stereocenters. The molecule has 2 aliphatic heterocycles. The second-order valence-electron chi connectivity index (χ2n) is 12.1. The summed E-state index contributed by atoms with van der Waals surface area (Å²) in [6, 6.07) is 6.25. The quantitative estimate of drug-likeness (QED) is 0.457. The molecule has 2 aliphatic carbocycles. The molecule has 3 heterocycles. The number of methoxy groups -OCH3 is 1. The molecule has 0 unspecified atom stereocenters. The predicted molar refractivity (Wildman–Crippen MR) is 164 cm³/mol. The van der Waals surface area contributed by atoms with Crippen molar-refractivity contribution in [3.8, 4) is 5.75 Å². The van der Waals surface area contributed by atoms with E-state index in [1.165, 1.54) is 12.8 Å². The highest BCUT2D eigenvalue weighted by Crippen LogP contribution is 2.39. The first-order chi connectivity index (χ1) is 20.4. The Hall–Kier alpha value is -3.44. The molecular weight excluding hydrogens is 532 g/mol.